The molecular formula is C18H17F3N2O4S. The average Bonchev–Trinajstić information content (AvgIpc) is 3.09. The molecule has 6 nitrogen and oxygen atoms in total. The van der Waals surface area contributed by atoms with E-state index >= 15 is 0 Å². The molecule has 0 saturated carbocycles. The highest BCUT2D eigenvalue weighted by Crippen LogP contribution is 2.28. The molecule has 1 aliphatic rings. The van der Waals surface area contributed by atoms with Crippen LogP contribution in [-0.2, 0) is 16.0 Å². The fourth-order valence-electron chi connectivity index (χ4n) is 2.99. The van der Waals surface area contributed by atoms with Crippen LogP contribution < -0.4 is 4.74 Å². The van der Waals surface area contributed by atoms with Gasteiger partial charge in [-0.3, -0.25) is 9.59 Å². The largest absolute Gasteiger partial charge is 0.573 e. The Morgan fingerprint density at radius 3 is 2.64 bits per heavy atom. The second-order valence-electron chi connectivity index (χ2n) is 6.41. The fraction of sp³-hybridized carbons (Fsp3) is 0.389. The van der Waals surface area contributed by atoms with Gasteiger partial charge >= 0.3 is 12.3 Å². The molecule has 0 spiro atoms. The summed E-state index contributed by atoms with van der Waals surface area (Å²) < 4.78 is 40.5. The summed E-state index contributed by atoms with van der Waals surface area (Å²) in [5.74, 6) is -1.94. The van der Waals surface area contributed by atoms with E-state index in [0.717, 1.165) is 0 Å². The first-order valence-electron chi connectivity index (χ1n) is 8.52. The molecule has 0 aliphatic carbocycles. The van der Waals surface area contributed by atoms with Crippen LogP contribution in [0.25, 0.3) is 10.6 Å². The van der Waals surface area contributed by atoms with Gasteiger partial charge in [0.2, 0.25) is 5.91 Å². The van der Waals surface area contributed by atoms with Crippen molar-refractivity contribution in [2.45, 2.75) is 25.6 Å². The summed E-state index contributed by atoms with van der Waals surface area (Å²) in [6, 6.07) is 5.34. The van der Waals surface area contributed by atoms with Gasteiger partial charge in [0.1, 0.15) is 10.8 Å². The number of hydrogen-bond donors (Lipinski definition) is 1. The van der Waals surface area contributed by atoms with Crippen LogP contribution in [0.15, 0.2) is 29.6 Å². The van der Waals surface area contributed by atoms with Crippen LogP contribution in [0.5, 0.6) is 5.75 Å². The van der Waals surface area contributed by atoms with Crippen LogP contribution >= 0.6 is 11.3 Å². The smallest absolute Gasteiger partial charge is 0.481 e. The summed E-state index contributed by atoms with van der Waals surface area (Å²) in [4.78, 5) is 29.5. The number of aliphatic carboxylic acids is 1. The van der Waals surface area contributed by atoms with Crippen LogP contribution in [0.2, 0.25) is 0 Å². The number of piperidine rings is 1. The lowest BCUT2D eigenvalue weighted by Crippen LogP contribution is -2.43. The van der Waals surface area contributed by atoms with Crippen LogP contribution in [0.3, 0.4) is 0 Å². The third kappa shape index (κ3) is 5.22. The third-order valence-electron chi connectivity index (χ3n) is 4.34. The number of ether oxygens (including phenoxy) is 1. The maximum absolute atomic E-state index is 12.4. The van der Waals surface area contributed by atoms with Crippen LogP contribution in [0.4, 0.5) is 13.2 Å². The number of benzene rings is 1. The molecule has 1 aromatic carbocycles. The minimum absolute atomic E-state index is 0.0537. The Bertz CT molecular complexity index is 851. The summed E-state index contributed by atoms with van der Waals surface area (Å²) >= 11 is 1.28. The van der Waals surface area contributed by atoms with Crippen molar-refractivity contribution in [3.63, 3.8) is 0 Å². The summed E-state index contributed by atoms with van der Waals surface area (Å²) in [7, 11) is 0. The SMILES string of the molecule is O=C(O)[C@@H]1CCCN(C(=O)Cc2csc(-c3ccc(OC(F)(F)F)cc3)n2)C1. The molecule has 0 unspecified atom stereocenters. The van der Waals surface area contributed by atoms with Crippen LogP contribution in [0.1, 0.15) is 18.5 Å². The Hall–Kier alpha value is -2.62. The zero-order valence-corrected chi connectivity index (χ0v) is 15.4. The number of alkyl halides is 3. The fourth-order valence-corrected chi connectivity index (χ4v) is 3.82. The lowest BCUT2D eigenvalue weighted by atomic mass is 9.98. The lowest BCUT2D eigenvalue weighted by Gasteiger charge is -2.30. The molecule has 2 heterocycles. The number of rotatable bonds is 5. The van der Waals surface area contributed by atoms with Gasteiger partial charge < -0.3 is 14.7 Å². The minimum Gasteiger partial charge on any atom is -0.481 e. The van der Waals surface area contributed by atoms with Gasteiger partial charge in [0, 0.05) is 24.0 Å². The molecule has 1 atom stereocenters. The van der Waals surface area contributed by atoms with Crippen molar-refractivity contribution in [2.24, 2.45) is 5.92 Å². The van der Waals surface area contributed by atoms with Crippen molar-refractivity contribution in [3.8, 4) is 16.3 Å². The first-order chi connectivity index (χ1) is 13.2. The molecule has 1 fully saturated rings. The minimum atomic E-state index is -4.75. The second kappa shape index (κ2) is 8.17. The van der Waals surface area contributed by atoms with E-state index in [1.165, 1.54) is 35.6 Å². The molecule has 1 saturated heterocycles. The van der Waals surface area contributed by atoms with E-state index in [9.17, 15) is 22.8 Å². The molecule has 1 aromatic heterocycles. The number of carboxylic acid groups (broad SMARTS) is 1. The van der Waals surface area contributed by atoms with E-state index in [4.69, 9.17) is 5.11 Å². The molecule has 10 heteroatoms. The molecule has 1 amide bonds. The molecule has 1 N–H and O–H groups in total. The molecule has 3 rings (SSSR count). The number of amides is 1. The van der Waals surface area contributed by atoms with Gasteiger partial charge in [-0.1, -0.05) is 0 Å². The Balaban J connectivity index is 1.62. The van der Waals surface area contributed by atoms with E-state index in [-0.39, 0.29) is 24.6 Å². The first kappa shape index (κ1) is 20.1. The predicted molar refractivity (Wildman–Crippen MR) is 94.9 cm³/mol. The van der Waals surface area contributed by atoms with Gasteiger partial charge in [0.15, 0.2) is 0 Å². The van der Waals surface area contributed by atoms with E-state index in [1.807, 2.05) is 0 Å². The van der Waals surface area contributed by atoms with Crippen LogP contribution in [-0.4, -0.2) is 46.3 Å². The van der Waals surface area contributed by atoms with E-state index in [0.29, 0.717) is 35.7 Å². The normalized spacial score (nSPS) is 17.4. The maximum Gasteiger partial charge on any atom is 0.573 e. The van der Waals surface area contributed by atoms with Gasteiger partial charge in [0.05, 0.1) is 18.0 Å². The molecular weight excluding hydrogens is 397 g/mol. The Labute approximate surface area is 162 Å². The molecule has 2 aromatic rings. The number of thiazole rings is 1. The Kier molecular flexibility index (Phi) is 5.87. The standard InChI is InChI=1S/C18H17F3N2O4S/c19-18(20,21)27-14-5-3-11(4-6-14)16-22-13(10-28-16)8-15(24)23-7-1-2-12(9-23)17(25)26/h3-6,10,12H,1-2,7-9H2,(H,25,26)/t12-/m1/s1. The predicted octanol–water partition coefficient (Wildman–Crippen LogP) is 3.57. The van der Waals surface area contributed by atoms with E-state index < -0.39 is 18.2 Å². The van der Waals surface area contributed by atoms with Crippen molar-refractivity contribution in [1.29, 1.82) is 0 Å². The number of carboxylic acids is 1. The first-order valence-corrected chi connectivity index (χ1v) is 9.40. The molecule has 1 aliphatic heterocycles. The Morgan fingerprint density at radius 2 is 2.00 bits per heavy atom. The van der Waals surface area contributed by atoms with Crippen molar-refractivity contribution in [1.82, 2.24) is 9.88 Å². The summed E-state index contributed by atoms with van der Waals surface area (Å²) in [6.45, 7) is 0.728. The topological polar surface area (TPSA) is 79.7 Å². The van der Waals surface area contributed by atoms with Crippen molar-refractivity contribution >= 4 is 23.2 Å². The van der Waals surface area contributed by atoms with E-state index in [1.54, 1.807) is 10.3 Å². The highest BCUT2D eigenvalue weighted by Gasteiger charge is 2.31. The molecule has 150 valence electrons. The maximum atomic E-state index is 12.4. The number of halogens is 3. The van der Waals surface area contributed by atoms with Gasteiger partial charge in [-0.25, -0.2) is 4.98 Å². The number of likely N-dealkylation sites (tertiary alicyclic amines) is 1. The quantitative estimate of drug-likeness (QED) is 0.809. The molecule has 0 radical (unpaired) electrons. The van der Waals surface area contributed by atoms with Gasteiger partial charge in [-0.15, -0.1) is 24.5 Å². The number of nitrogens with zero attached hydrogens (tertiary/aromatic N) is 2. The number of carbonyl (C=O) groups is 2. The molecule has 0 bridgehead atoms. The summed E-state index contributed by atoms with van der Waals surface area (Å²) in [5, 5.41) is 11.4. The highest BCUT2D eigenvalue weighted by molar-refractivity contribution is 7.13. The number of hydrogen-bond acceptors (Lipinski definition) is 5. The second-order valence-corrected chi connectivity index (χ2v) is 7.27. The monoisotopic (exact) mass is 414 g/mol. The Morgan fingerprint density at radius 1 is 1.29 bits per heavy atom. The van der Waals surface area contributed by atoms with E-state index in [2.05, 4.69) is 9.72 Å². The van der Waals surface area contributed by atoms with Crippen molar-refractivity contribution < 1.29 is 32.6 Å². The van der Waals surface area contributed by atoms with Gasteiger partial charge in [0.25, 0.3) is 0 Å². The zero-order valence-electron chi connectivity index (χ0n) is 14.6. The third-order valence-corrected chi connectivity index (χ3v) is 5.28. The highest BCUT2D eigenvalue weighted by atomic mass is 32.1. The van der Waals surface area contributed by atoms with Gasteiger partial charge in [-0.2, -0.15) is 0 Å². The van der Waals surface area contributed by atoms with Crippen LogP contribution in [0, 0.1) is 5.92 Å². The average molecular weight is 414 g/mol. The van der Waals surface area contributed by atoms with Gasteiger partial charge in [-0.05, 0) is 37.1 Å². The molecule has 28 heavy (non-hydrogen) atoms. The zero-order chi connectivity index (χ0) is 20.3. The summed E-state index contributed by atoms with van der Waals surface area (Å²) in [6.07, 6.45) is -3.48. The number of carbonyl (C=O) groups excluding carboxylic acids is 1. The summed E-state index contributed by atoms with van der Waals surface area (Å²) in [5.41, 5.74) is 1.15. The van der Waals surface area contributed by atoms with Crippen molar-refractivity contribution in [3.05, 3.63) is 35.3 Å². The lowest BCUT2D eigenvalue weighted by molar-refractivity contribution is -0.274. The number of aromatic nitrogens is 1. The van der Waals surface area contributed by atoms with Crippen molar-refractivity contribution in [2.75, 3.05) is 13.1 Å².